The number of hydrogen-bond donors (Lipinski definition) is 2. The summed E-state index contributed by atoms with van der Waals surface area (Å²) in [6.45, 7) is 0.911. The van der Waals surface area contributed by atoms with E-state index in [0.717, 1.165) is 19.8 Å². The van der Waals surface area contributed by atoms with Crippen LogP contribution in [0.25, 0.3) is 0 Å². The van der Waals surface area contributed by atoms with Gasteiger partial charge in [-0.1, -0.05) is 0 Å². The molecule has 0 saturated carbocycles. The molecule has 6 heavy (non-hydrogen) atoms. The van der Waals surface area contributed by atoms with Crippen LogP contribution >= 0.6 is 20.1 Å². The highest BCUT2D eigenvalue weighted by molar-refractivity contribution is 7.95. The first-order chi connectivity index (χ1) is 2.91. The zero-order chi connectivity index (χ0) is 4.83. The minimum Gasteiger partial charge on any atom is -0.261 e. The maximum atomic E-state index is 4.54. The van der Waals surface area contributed by atoms with E-state index in [1.54, 1.807) is 0 Å². The molecule has 0 unspecified atom stereocenters. The van der Waals surface area contributed by atoms with E-state index in [4.69, 9.17) is 0 Å². The minimum atomic E-state index is 0.830. The van der Waals surface area contributed by atoms with Crippen molar-refractivity contribution in [2.45, 2.75) is 0 Å². The lowest BCUT2D eigenvalue weighted by Gasteiger charge is -1.84. The average molecular weight is 139 g/mol. The van der Waals surface area contributed by atoms with E-state index in [1.807, 2.05) is 0 Å². The summed E-state index contributed by atoms with van der Waals surface area (Å²) in [5, 5.41) is 2.91. The summed E-state index contributed by atoms with van der Waals surface area (Å²) in [6, 6.07) is 0. The van der Waals surface area contributed by atoms with Crippen LogP contribution in [0.1, 0.15) is 0 Å². The van der Waals surface area contributed by atoms with Crippen molar-refractivity contribution in [1.29, 1.82) is 0 Å². The Kier molecular flexibility index (Phi) is 6.64. The third-order valence-corrected chi connectivity index (χ3v) is 1.25. The molecule has 0 aliphatic rings. The highest BCUT2D eigenvalue weighted by atomic mass is 32.4. The third kappa shape index (κ3) is 4.83. The summed E-state index contributed by atoms with van der Waals surface area (Å²) >= 11 is 8.49. The molecule has 0 bridgehead atoms. The highest BCUT2D eigenvalue weighted by Crippen LogP contribution is 1.78. The van der Waals surface area contributed by atoms with Gasteiger partial charge in [0.05, 0.1) is 7.51 Å². The molecule has 0 fully saturated rings. The lowest BCUT2D eigenvalue weighted by Crippen LogP contribution is -2.00. The molecule has 0 aromatic carbocycles. The lowest BCUT2D eigenvalue weighted by molar-refractivity contribution is 1.05. The number of hydrogen-bond acceptors (Lipinski definition) is 2. The van der Waals surface area contributed by atoms with Crippen LogP contribution in [-0.2, 0) is 11.8 Å². The second kappa shape index (κ2) is 5.83. The molecular formula is C2H6NPS2. The van der Waals surface area contributed by atoms with Gasteiger partial charge in [0.15, 0.2) is 0 Å². The SMILES string of the molecule is S=PNCCS. The van der Waals surface area contributed by atoms with Crippen LogP contribution in [0.15, 0.2) is 0 Å². The Balaban J connectivity index is 2.49. The predicted molar refractivity (Wildman–Crippen MR) is 36.1 cm³/mol. The molecule has 0 aromatic rings. The summed E-state index contributed by atoms with van der Waals surface area (Å²) in [6.07, 6.45) is 0. The van der Waals surface area contributed by atoms with E-state index in [1.165, 1.54) is 0 Å². The van der Waals surface area contributed by atoms with Crippen LogP contribution < -0.4 is 5.09 Å². The molecule has 1 N–H and O–H groups in total. The van der Waals surface area contributed by atoms with Gasteiger partial charge in [-0.3, -0.25) is 5.09 Å². The molecule has 0 atom stereocenters. The zero-order valence-electron chi connectivity index (χ0n) is 3.22. The summed E-state index contributed by atoms with van der Waals surface area (Å²) in [7, 11) is 0.830. The fraction of sp³-hybridized carbons (Fsp3) is 1.00. The largest absolute Gasteiger partial charge is 0.261 e. The maximum absolute atomic E-state index is 4.54. The van der Waals surface area contributed by atoms with Crippen molar-refractivity contribution < 1.29 is 0 Å². The van der Waals surface area contributed by atoms with Crippen LogP contribution in [0.2, 0.25) is 0 Å². The summed E-state index contributed by atoms with van der Waals surface area (Å²) in [5.74, 6) is 0.865. The molecule has 1 nitrogen and oxygen atoms in total. The molecule has 0 aliphatic carbocycles. The van der Waals surface area contributed by atoms with Gasteiger partial charge in [0, 0.05) is 12.3 Å². The van der Waals surface area contributed by atoms with Crippen molar-refractivity contribution in [3.63, 3.8) is 0 Å². The molecule has 0 aromatic heterocycles. The first-order valence-corrected chi connectivity index (χ1v) is 4.12. The van der Waals surface area contributed by atoms with Crippen LogP contribution in [0.3, 0.4) is 0 Å². The molecule has 0 amide bonds. The van der Waals surface area contributed by atoms with E-state index in [0.29, 0.717) is 0 Å². The van der Waals surface area contributed by atoms with Gasteiger partial charge >= 0.3 is 0 Å². The van der Waals surface area contributed by atoms with Crippen molar-refractivity contribution in [2.75, 3.05) is 12.3 Å². The average Bonchev–Trinajstić information content (AvgIpc) is 1.61. The van der Waals surface area contributed by atoms with Crippen molar-refractivity contribution >= 4 is 31.9 Å². The van der Waals surface area contributed by atoms with Crippen LogP contribution in [0, 0.1) is 0 Å². The molecule has 36 valence electrons. The molecule has 0 aliphatic heterocycles. The quantitative estimate of drug-likeness (QED) is 0.341. The fourth-order valence-corrected chi connectivity index (χ4v) is 0.861. The van der Waals surface area contributed by atoms with E-state index in [9.17, 15) is 0 Å². The Labute approximate surface area is 49.8 Å². The number of nitrogens with one attached hydrogen (secondary N) is 1. The Hall–Kier alpha value is 0.830. The maximum Gasteiger partial charge on any atom is 0.0585 e. The zero-order valence-corrected chi connectivity index (χ0v) is 5.82. The van der Waals surface area contributed by atoms with Crippen molar-refractivity contribution in [1.82, 2.24) is 5.09 Å². The molecule has 0 spiro atoms. The third-order valence-electron chi connectivity index (χ3n) is 0.288. The molecule has 0 radical (unpaired) electrons. The second-order valence-electron chi connectivity index (χ2n) is 0.723. The monoisotopic (exact) mass is 139 g/mol. The van der Waals surface area contributed by atoms with Gasteiger partial charge in [-0.25, -0.2) is 0 Å². The van der Waals surface area contributed by atoms with Gasteiger partial charge < -0.3 is 0 Å². The first kappa shape index (κ1) is 6.83. The summed E-state index contributed by atoms with van der Waals surface area (Å²) < 4.78 is 0. The standard InChI is InChI=1S/C2H6NPS2/c5-2-1-3-4-6/h5H,1-2H2,(H,3,6). The summed E-state index contributed by atoms with van der Waals surface area (Å²) in [4.78, 5) is 0. The first-order valence-electron chi connectivity index (χ1n) is 1.58. The van der Waals surface area contributed by atoms with Gasteiger partial charge in [0.25, 0.3) is 0 Å². The minimum absolute atomic E-state index is 0.830. The van der Waals surface area contributed by atoms with E-state index < -0.39 is 0 Å². The van der Waals surface area contributed by atoms with Crippen LogP contribution in [0.4, 0.5) is 0 Å². The van der Waals surface area contributed by atoms with E-state index in [2.05, 4.69) is 29.5 Å². The Bertz CT molecular complexity index is 40.5. The Morgan fingerprint density at radius 3 is 2.67 bits per heavy atom. The topological polar surface area (TPSA) is 12.0 Å². The second-order valence-corrected chi connectivity index (χ2v) is 2.22. The van der Waals surface area contributed by atoms with Gasteiger partial charge in [0.2, 0.25) is 0 Å². The van der Waals surface area contributed by atoms with Crippen molar-refractivity contribution in [3.8, 4) is 0 Å². The van der Waals surface area contributed by atoms with Crippen LogP contribution in [-0.4, -0.2) is 12.3 Å². The molecule has 4 heteroatoms. The molecule has 0 rings (SSSR count). The lowest BCUT2D eigenvalue weighted by atomic mass is 10.8. The number of rotatable bonds is 3. The van der Waals surface area contributed by atoms with Crippen molar-refractivity contribution in [3.05, 3.63) is 0 Å². The molecular weight excluding hydrogens is 133 g/mol. The van der Waals surface area contributed by atoms with Gasteiger partial charge in [-0.2, -0.15) is 12.6 Å². The Morgan fingerprint density at radius 1 is 1.83 bits per heavy atom. The highest BCUT2D eigenvalue weighted by Gasteiger charge is 1.70. The summed E-state index contributed by atoms with van der Waals surface area (Å²) in [5.41, 5.74) is 0. The van der Waals surface area contributed by atoms with Gasteiger partial charge in [0.1, 0.15) is 0 Å². The van der Waals surface area contributed by atoms with Crippen molar-refractivity contribution in [2.24, 2.45) is 0 Å². The van der Waals surface area contributed by atoms with E-state index >= 15 is 0 Å². The Morgan fingerprint density at radius 2 is 2.50 bits per heavy atom. The number of thiol groups is 1. The fourth-order valence-electron chi connectivity index (χ4n) is 0.0956. The van der Waals surface area contributed by atoms with Gasteiger partial charge in [-0.05, 0) is 11.8 Å². The normalized spacial score (nSPS) is 9.50. The molecule has 0 saturated heterocycles. The molecule has 0 heterocycles. The predicted octanol–water partition coefficient (Wildman–Crippen LogP) is 0.829. The van der Waals surface area contributed by atoms with Gasteiger partial charge in [-0.15, -0.1) is 0 Å². The van der Waals surface area contributed by atoms with E-state index in [-0.39, 0.29) is 0 Å². The van der Waals surface area contributed by atoms with Crippen LogP contribution in [0.5, 0.6) is 0 Å². The smallest absolute Gasteiger partial charge is 0.0585 e.